The molecule has 0 unspecified atom stereocenters. The van der Waals surface area contributed by atoms with Crippen molar-refractivity contribution in [3.63, 3.8) is 0 Å². The number of hydrogen-bond acceptors (Lipinski definition) is 3. The molecule has 21 heavy (non-hydrogen) atoms. The molecule has 1 N–H and O–H groups in total. The van der Waals surface area contributed by atoms with Crippen LogP contribution in [0, 0.1) is 0 Å². The number of benzene rings is 1. The first-order valence-corrected chi connectivity index (χ1v) is 8.09. The van der Waals surface area contributed by atoms with E-state index >= 15 is 0 Å². The third kappa shape index (κ3) is 3.18. The Bertz CT molecular complexity index is 630. The van der Waals surface area contributed by atoms with E-state index in [1.807, 2.05) is 0 Å². The number of alkyl halides is 3. The van der Waals surface area contributed by atoms with Crippen molar-refractivity contribution in [2.75, 3.05) is 19.6 Å². The van der Waals surface area contributed by atoms with E-state index in [0.29, 0.717) is 19.2 Å². The van der Waals surface area contributed by atoms with Crippen LogP contribution in [-0.2, 0) is 16.2 Å². The van der Waals surface area contributed by atoms with Crippen molar-refractivity contribution in [2.45, 2.75) is 24.0 Å². The van der Waals surface area contributed by atoms with Gasteiger partial charge in [-0.05, 0) is 18.2 Å². The fourth-order valence-corrected chi connectivity index (χ4v) is 4.24. The monoisotopic (exact) mass is 342 g/mol. The molecule has 4 nitrogen and oxygen atoms in total. The molecule has 0 aromatic heterocycles. The topological polar surface area (TPSA) is 49.4 Å². The second kappa shape index (κ2) is 5.75. The zero-order valence-corrected chi connectivity index (χ0v) is 12.7. The minimum atomic E-state index is -4.62. The van der Waals surface area contributed by atoms with Crippen LogP contribution in [0.5, 0.6) is 0 Å². The number of nitrogens with one attached hydrogen (secondary N) is 1. The van der Waals surface area contributed by atoms with E-state index in [4.69, 9.17) is 11.6 Å². The SMILES string of the molecule is CCN(C1CNC1)S(=O)(=O)c1cc(C(F)(F)F)ccc1Cl. The lowest BCUT2D eigenvalue weighted by Crippen LogP contribution is -2.58. The van der Waals surface area contributed by atoms with Crippen LogP contribution >= 0.6 is 11.6 Å². The zero-order valence-electron chi connectivity index (χ0n) is 11.1. The predicted molar refractivity (Wildman–Crippen MR) is 72.7 cm³/mol. The minimum Gasteiger partial charge on any atom is -0.313 e. The average molecular weight is 343 g/mol. The Morgan fingerprint density at radius 3 is 2.43 bits per heavy atom. The second-order valence-electron chi connectivity index (χ2n) is 4.66. The van der Waals surface area contributed by atoms with Crippen molar-refractivity contribution in [1.82, 2.24) is 9.62 Å². The number of likely N-dealkylation sites (N-methyl/N-ethyl adjacent to an activating group) is 1. The summed E-state index contributed by atoms with van der Waals surface area (Å²) in [5, 5.41) is 2.72. The highest BCUT2D eigenvalue weighted by atomic mass is 35.5. The molecule has 1 aromatic rings. The normalized spacial score (nSPS) is 17.0. The van der Waals surface area contributed by atoms with Gasteiger partial charge in [-0.15, -0.1) is 0 Å². The molecular weight excluding hydrogens is 329 g/mol. The Hall–Kier alpha value is -0.830. The highest BCUT2D eigenvalue weighted by molar-refractivity contribution is 7.89. The molecule has 1 aliphatic heterocycles. The number of sulfonamides is 1. The lowest BCUT2D eigenvalue weighted by Gasteiger charge is -2.36. The molecule has 0 spiro atoms. The van der Waals surface area contributed by atoms with Gasteiger partial charge >= 0.3 is 6.18 Å². The summed E-state index contributed by atoms with van der Waals surface area (Å²) in [7, 11) is -4.06. The van der Waals surface area contributed by atoms with Gasteiger partial charge in [-0.25, -0.2) is 8.42 Å². The molecule has 1 fully saturated rings. The lowest BCUT2D eigenvalue weighted by molar-refractivity contribution is -0.137. The maximum Gasteiger partial charge on any atom is 0.416 e. The Morgan fingerprint density at radius 1 is 1.38 bits per heavy atom. The van der Waals surface area contributed by atoms with Gasteiger partial charge in [-0.3, -0.25) is 0 Å². The molecule has 0 radical (unpaired) electrons. The molecule has 1 aliphatic rings. The number of hydrogen-bond donors (Lipinski definition) is 1. The number of rotatable bonds is 4. The summed E-state index contributed by atoms with van der Waals surface area (Å²) in [6.45, 7) is 2.76. The van der Waals surface area contributed by atoms with Gasteiger partial charge in [0.15, 0.2) is 0 Å². The fraction of sp³-hybridized carbons (Fsp3) is 0.500. The molecule has 0 amide bonds. The van der Waals surface area contributed by atoms with Crippen molar-refractivity contribution in [3.05, 3.63) is 28.8 Å². The number of nitrogens with zero attached hydrogens (tertiary/aromatic N) is 1. The van der Waals surface area contributed by atoms with Gasteiger partial charge in [0, 0.05) is 19.6 Å². The number of halogens is 4. The van der Waals surface area contributed by atoms with Gasteiger partial charge in [0.2, 0.25) is 10.0 Å². The van der Waals surface area contributed by atoms with Crippen LogP contribution in [0.4, 0.5) is 13.2 Å². The molecular formula is C12H14ClF3N2O2S. The highest BCUT2D eigenvalue weighted by Gasteiger charge is 2.37. The van der Waals surface area contributed by atoms with Crippen LogP contribution < -0.4 is 5.32 Å². The fourth-order valence-electron chi connectivity index (χ4n) is 2.11. The molecule has 0 saturated carbocycles. The Labute approximate surface area is 125 Å². The summed E-state index contributed by atoms with van der Waals surface area (Å²) >= 11 is 5.81. The van der Waals surface area contributed by atoms with E-state index in [1.165, 1.54) is 4.31 Å². The van der Waals surface area contributed by atoms with Gasteiger partial charge in [0.05, 0.1) is 16.6 Å². The summed E-state index contributed by atoms with van der Waals surface area (Å²) < 4.78 is 64.5. The van der Waals surface area contributed by atoms with Crippen molar-refractivity contribution < 1.29 is 21.6 Å². The second-order valence-corrected chi connectivity index (χ2v) is 6.93. The first-order chi connectivity index (χ1) is 9.67. The van der Waals surface area contributed by atoms with Crippen LogP contribution in [0.25, 0.3) is 0 Å². The molecule has 9 heteroatoms. The summed E-state index contributed by atoms with van der Waals surface area (Å²) in [5.74, 6) is 0. The lowest BCUT2D eigenvalue weighted by atomic mass is 10.2. The molecule has 1 saturated heterocycles. The zero-order chi connectivity index (χ0) is 15.8. The van der Waals surface area contributed by atoms with E-state index in [9.17, 15) is 21.6 Å². The van der Waals surface area contributed by atoms with Crippen molar-refractivity contribution in [1.29, 1.82) is 0 Å². The first-order valence-electron chi connectivity index (χ1n) is 6.27. The van der Waals surface area contributed by atoms with Crippen LogP contribution in [0.1, 0.15) is 12.5 Å². The van der Waals surface area contributed by atoms with Gasteiger partial charge in [0.25, 0.3) is 0 Å². The molecule has 1 aromatic carbocycles. The van der Waals surface area contributed by atoms with Crippen molar-refractivity contribution in [2.24, 2.45) is 0 Å². The van der Waals surface area contributed by atoms with Crippen molar-refractivity contribution >= 4 is 21.6 Å². The van der Waals surface area contributed by atoms with E-state index < -0.39 is 26.7 Å². The third-order valence-electron chi connectivity index (χ3n) is 3.32. The van der Waals surface area contributed by atoms with E-state index in [0.717, 1.165) is 12.1 Å². The van der Waals surface area contributed by atoms with Gasteiger partial charge in [0.1, 0.15) is 4.90 Å². The van der Waals surface area contributed by atoms with E-state index in [-0.39, 0.29) is 17.6 Å². The molecule has 2 rings (SSSR count). The highest BCUT2D eigenvalue weighted by Crippen LogP contribution is 2.34. The summed E-state index contributed by atoms with van der Waals surface area (Å²) in [6.07, 6.45) is -4.62. The van der Waals surface area contributed by atoms with Crippen molar-refractivity contribution in [3.8, 4) is 0 Å². The first kappa shape index (κ1) is 16.5. The smallest absolute Gasteiger partial charge is 0.313 e. The Morgan fingerprint density at radius 2 is 2.00 bits per heavy atom. The molecule has 1 heterocycles. The van der Waals surface area contributed by atoms with Crippen LogP contribution in [0.3, 0.4) is 0 Å². The molecule has 0 atom stereocenters. The maximum atomic E-state index is 12.7. The molecule has 118 valence electrons. The van der Waals surface area contributed by atoms with Crippen LogP contribution in [0.15, 0.2) is 23.1 Å². The average Bonchev–Trinajstić information content (AvgIpc) is 2.31. The minimum absolute atomic E-state index is 0.168. The van der Waals surface area contributed by atoms with Crippen LogP contribution in [0.2, 0.25) is 5.02 Å². The van der Waals surface area contributed by atoms with E-state index in [2.05, 4.69) is 5.32 Å². The van der Waals surface area contributed by atoms with E-state index in [1.54, 1.807) is 6.92 Å². The van der Waals surface area contributed by atoms with Gasteiger partial charge < -0.3 is 5.32 Å². The third-order valence-corrected chi connectivity index (χ3v) is 5.83. The summed E-state index contributed by atoms with van der Waals surface area (Å²) in [6, 6.07) is 2.06. The van der Waals surface area contributed by atoms with Gasteiger partial charge in [-0.2, -0.15) is 17.5 Å². The molecule has 0 bridgehead atoms. The van der Waals surface area contributed by atoms with Crippen LogP contribution in [-0.4, -0.2) is 38.4 Å². The Kier molecular flexibility index (Phi) is 4.53. The van der Waals surface area contributed by atoms with Gasteiger partial charge in [-0.1, -0.05) is 18.5 Å². The quantitative estimate of drug-likeness (QED) is 0.913. The Balaban J connectivity index is 2.48. The maximum absolute atomic E-state index is 12.7. The standard InChI is InChI=1S/C12H14ClF3N2O2S/c1-2-18(9-6-17-7-9)21(19,20)11-5-8(12(14,15)16)3-4-10(11)13/h3-5,9,17H,2,6-7H2,1H3. The summed E-state index contributed by atoms with van der Waals surface area (Å²) in [5.41, 5.74) is -1.03. The summed E-state index contributed by atoms with van der Waals surface area (Å²) in [4.78, 5) is -0.507. The molecule has 0 aliphatic carbocycles. The largest absolute Gasteiger partial charge is 0.416 e. The predicted octanol–water partition coefficient (Wildman–Crippen LogP) is 2.34.